The standard InChI is InChI=1S/C15H13F4N3O2/c16-11-5-9(7-20-12(23)6-8-1-2-8)3-4-10(11)13-21-14(24-22-13)15(17,18)19/h3-5,8H,1-2,6-7H2,(H,20,23). The number of hydrogen-bond acceptors (Lipinski definition) is 4. The first kappa shape index (κ1) is 16.4. The number of rotatable bonds is 5. The Kier molecular flexibility index (Phi) is 4.25. The van der Waals surface area contributed by atoms with Crippen LogP contribution in [0.5, 0.6) is 0 Å². The van der Waals surface area contributed by atoms with E-state index in [0.717, 1.165) is 18.9 Å². The molecule has 3 rings (SSSR count). The molecule has 2 aromatic rings. The molecule has 1 aliphatic carbocycles. The van der Waals surface area contributed by atoms with Gasteiger partial charge in [0.2, 0.25) is 11.7 Å². The first-order chi connectivity index (χ1) is 11.3. The summed E-state index contributed by atoms with van der Waals surface area (Å²) in [6, 6.07) is 3.86. The summed E-state index contributed by atoms with van der Waals surface area (Å²) in [4.78, 5) is 14.7. The second kappa shape index (κ2) is 6.21. The molecule has 1 N–H and O–H groups in total. The molecular formula is C15H13F4N3O2. The highest BCUT2D eigenvalue weighted by molar-refractivity contribution is 5.76. The highest BCUT2D eigenvalue weighted by Gasteiger charge is 2.38. The van der Waals surface area contributed by atoms with Gasteiger partial charge >= 0.3 is 12.1 Å². The number of nitrogens with one attached hydrogen (secondary N) is 1. The summed E-state index contributed by atoms with van der Waals surface area (Å²) in [7, 11) is 0. The summed E-state index contributed by atoms with van der Waals surface area (Å²) in [5, 5.41) is 5.82. The molecule has 0 bridgehead atoms. The van der Waals surface area contributed by atoms with E-state index in [9.17, 15) is 22.4 Å². The Morgan fingerprint density at radius 3 is 2.67 bits per heavy atom. The van der Waals surface area contributed by atoms with E-state index in [4.69, 9.17) is 0 Å². The average Bonchev–Trinajstić information content (AvgIpc) is 3.16. The largest absolute Gasteiger partial charge is 0.471 e. The molecule has 24 heavy (non-hydrogen) atoms. The van der Waals surface area contributed by atoms with Crippen molar-refractivity contribution in [3.05, 3.63) is 35.5 Å². The third-order valence-electron chi connectivity index (χ3n) is 3.60. The van der Waals surface area contributed by atoms with Crippen LogP contribution in [0.25, 0.3) is 11.4 Å². The minimum absolute atomic E-state index is 0.102. The van der Waals surface area contributed by atoms with E-state index >= 15 is 0 Å². The Morgan fingerprint density at radius 1 is 1.33 bits per heavy atom. The van der Waals surface area contributed by atoms with Gasteiger partial charge in [0.25, 0.3) is 0 Å². The van der Waals surface area contributed by atoms with Gasteiger partial charge in [-0.05, 0) is 36.5 Å². The van der Waals surface area contributed by atoms with Crippen LogP contribution in [0, 0.1) is 11.7 Å². The van der Waals surface area contributed by atoms with Crippen molar-refractivity contribution in [2.75, 3.05) is 0 Å². The molecule has 1 fully saturated rings. The van der Waals surface area contributed by atoms with Crippen LogP contribution >= 0.6 is 0 Å². The molecule has 0 aliphatic heterocycles. The van der Waals surface area contributed by atoms with Crippen molar-refractivity contribution in [2.45, 2.75) is 32.0 Å². The molecule has 1 amide bonds. The average molecular weight is 343 g/mol. The highest BCUT2D eigenvalue weighted by Crippen LogP contribution is 2.32. The maximum atomic E-state index is 14.1. The Balaban J connectivity index is 1.67. The van der Waals surface area contributed by atoms with E-state index in [0.29, 0.717) is 17.9 Å². The van der Waals surface area contributed by atoms with Crippen molar-refractivity contribution in [3.8, 4) is 11.4 Å². The molecule has 0 radical (unpaired) electrons. The summed E-state index contributed by atoms with van der Waals surface area (Å²) in [6.45, 7) is 0.142. The van der Waals surface area contributed by atoms with Gasteiger partial charge in [-0.3, -0.25) is 4.79 Å². The summed E-state index contributed by atoms with van der Waals surface area (Å²) < 4.78 is 55.4. The molecule has 0 atom stereocenters. The number of benzene rings is 1. The van der Waals surface area contributed by atoms with Gasteiger partial charge in [-0.25, -0.2) is 4.39 Å². The summed E-state index contributed by atoms with van der Waals surface area (Å²) in [6.07, 6.45) is -2.21. The van der Waals surface area contributed by atoms with Crippen LogP contribution in [0.1, 0.15) is 30.7 Å². The monoisotopic (exact) mass is 343 g/mol. The summed E-state index contributed by atoms with van der Waals surface area (Å²) in [5.41, 5.74) is 0.280. The quantitative estimate of drug-likeness (QED) is 0.846. The lowest BCUT2D eigenvalue weighted by atomic mass is 10.1. The highest BCUT2D eigenvalue weighted by atomic mass is 19.4. The molecule has 1 saturated carbocycles. The molecule has 128 valence electrons. The van der Waals surface area contributed by atoms with Gasteiger partial charge < -0.3 is 9.84 Å². The van der Waals surface area contributed by atoms with Gasteiger partial charge in [-0.2, -0.15) is 18.2 Å². The number of carbonyl (C=O) groups is 1. The van der Waals surface area contributed by atoms with Gasteiger partial charge in [0, 0.05) is 13.0 Å². The normalized spacial score (nSPS) is 14.7. The van der Waals surface area contributed by atoms with Crippen LogP contribution < -0.4 is 5.32 Å². The number of nitrogens with zero attached hydrogens (tertiary/aromatic N) is 2. The molecule has 1 aliphatic rings. The zero-order valence-corrected chi connectivity index (χ0v) is 12.4. The lowest BCUT2D eigenvalue weighted by Gasteiger charge is -2.06. The number of carbonyl (C=O) groups excluding carboxylic acids is 1. The molecule has 1 aromatic heterocycles. The van der Waals surface area contributed by atoms with E-state index in [1.165, 1.54) is 12.1 Å². The van der Waals surface area contributed by atoms with E-state index < -0.39 is 23.7 Å². The zero-order valence-electron chi connectivity index (χ0n) is 12.4. The van der Waals surface area contributed by atoms with Gasteiger partial charge in [0.05, 0.1) is 5.56 Å². The van der Waals surface area contributed by atoms with Crippen molar-refractivity contribution in [3.63, 3.8) is 0 Å². The van der Waals surface area contributed by atoms with Crippen molar-refractivity contribution in [2.24, 2.45) is 5.92 Å². The second-order valence-electron chi connectivity index (χ2n) is 5.66. The number of aromatic nitrogens is 2. The zero-order chi connectivity index (χ0) is 17.3. The van der Waals surface area contributed by atoms with Crippen LogP contribution in [-0.2, 0) is 17.5 Å². The van der Waals surface area contributed by atoms with E-state index in [-0.39, 0.29) is 18.0 Å². The predicted octanol–water partition coefficient (Wildman–Crippen LogP) is 3.31. The summed E-state index contributed by atoms with van der Waals surface area (Å²) >= 11 is 0. The molecule has 1 heterocycles. The molecule has 9 heteroatoms. The Bertz CT molecular complexity index is 753. The fourth-order valence-electron chi connectivity index (χ4n) is 2.15. The molecule has 0 spiro atoms. The van der Waals surface area contributed by atoms with Crippen molar-refractivity contribution in [1.29, 1.82) is 0 Å². The first-order valence-corrected chi connectivity index (χ1v) is 7.29. The maximum Gasteiger partial charge on any atom is 0.471 e. The van der Waals surface area contributed by atoms with Crippen molar-refractivity contribution in [1.82, 2.24) is 15.5 Å². The number of alkyl halides is 3. The van der Waals surface area contributed by atoms with E-state index in [1.54, 1.807) is 0 Å². The van der Waals surface area contributed by atoms with Crippen LogP contribution in [0.4, 0.5) is 17.6 Å². The van der Waals surface area contributed by atoms with Gasteiger partial charge in [0.1, 0.15) is 5.82 Å². The SMILES string of the molecule is O=C(CC1CC1)NCc1ccc(-c2noc(C(F)(F)F)n2)c(F)c1. The number of hydrogen-bond donors (Lipinski definition) is 1. The number of halogens is 4. The fraction of sp³-hybridized carbons (Fsp3) is 0.400. The maximum absolute atomic E-state index is 14.1. The number of amides is 1. The lowest BCUT2D eigenvalue weighted by Crippen LogP contribution is -2.22. The van der Waals surface area contributed by atoms with Crippen molar-refractivity contribution >= 4 is 5.91 Å². The molecule has 5 nitrogen and oxygen atoms in total. The third-order valence-corrected chi connectivity index (χ3v) is 3.60. The molecule has 1 aromatic carbocycles. The Morgan fingerprint density at radius 2 is 2.08 bits per heavy atom. The minimum atomic E-state index is -4.78. The van der Waals surface area contributed by atoms with E-state index in [1.807, 2.05) is 0 Å². The van der Waals surface area contributed by atoms with Gasteiger partial charge in [0.15, 0.2) is 0 Å². The van der Waals surface area contributed by atoms with Gasteiger partial charge in [-0.15, -0.1) is 0 Å². The molecule has 0 saturated heterocycles. The molecule has 0 unspecified atom stereocenters. The van der Waals surface area contributed by atoms with Crippen LogP contribution in [-0.4, -0.2) is 16.0 Å². The minimum Gasteiger partial charge on any atom is -0.352 e. The topological polar surface area (TPSA) is 68.0 Å². The van der Waals surface area contributed by atoms with E-state index in [2.05, 4.69) is 20.0 Å². The van der Waals surface area contributed by atoms with Crippen molar-refractivity contribution < 1.29 is 26.9 Å². The van der Waals surface area contributed by atoms with Crippen LogP contribution in [0.15, 0.2) is 22.7 Å². The second-order valence-corrected chi connectivity index (χ2v) is 5.66. The smallest absolute Gasteiger partial charge is 0.352 e. The Hall–Kier alpha value is -2.45. The molecular weight excluding hydrogens is 330 g/mol. The fourth-order valence-corrected chi connectivity index (χ4v) is 2.15. The lowest BCUT2D eigenvalue weighted by molar-refractivity contribution is -0.159. The van der Waals surface area contributed by atoms with Crippen LogP contribution in [0.2, 0.25) is 0 Å². The van der Waals surface area contributed by atoms with Gasteiger partial charge in [-0.1, -0.05) is 11.2 Å². The predicted molar refractivity (Wildman–Crippen MR) is 73.9 cm³/mol. The summed E-state index contributed by atoms with van der Waals surface area (Å²) in [5.74, 6) is -2.46. The first-order valence-electron chi connectivity index (χ1n) is 7.29. The third kappa shape index (κ3) is 3.90. The Labute approximate surface area is 134 Å². The van der Waals surface area contributed by atoms with Crippen LogP contribution in [0.3, 0.4) is 0 Å².